The standard InChI is InChI=1S/C26H20Cl2FNO5/c1-13-9-17(25(35-2)19(28)10-13)23(32)21-22(15-5-8-20(31)18(27)11-15)30(26(34)24(21)33)12-14-3-6-16(29)7-4-14/h3-11,22,31-32H,12H2,1-2H3/b23-21+. The summed E-state index contributed by atoms with van der Waals surface area (Å²) >= 11 is 12.4. The minimum Gasteiger partial charge on any atom is -0.507 e. The Morgan fingerprint density at radius 1 is 1.06 bits per heavy atom. The van der Waals surface area contributed by atoms with Crippen LogP contribution in [0.4, 0.5) is 4.39 Å². The average molecular weight is 516 g/mol. The van der Waals surface area contributed by atoms with Gasteiger partial charge in [-0.2, -0.15) is 0 Å². The fraction of sp³-hybridized carbons (Fsp3) is 0.154. The van der Waals surface area contributed by atoms with Crippen molar-refractivity contribution in [3.05, 3.63) is 98.3 Å². The van der Waals surface area contributed by atoms with Crippen molar-refractivity contribution in [3.63, 3.8) is 0 Å². The van der Waals surface area contributed by atoms with Crippen LogP contribution in [0.3, 0.4) is 0 Å². The molecule has 3 aromatic carbocycles. The molecule has 6 nitrogen and oxygen atoms in total. The zero-order valence-electron chi connectivity index (χ0n) is 18.7. The molecule has 0 aliphatic carbocycles. The summed E-state index contributed by atoms with van der Waals surface area (Å²) < 4.78 is 18.8. The molecule has 1 saturated heterocycles. The number of ketones is 1. The van der Waals surface area contributed by atoms with E-state index >= 15 is 0 Å². The molecule has 0 saturated carbocycles. The Hall–Kier alpha value is -3.55. The number of phenolic OH excluding ortho intramolecular Hbond substituents is 1. The van der Waals surface area contributed by atoms with Crippen LogP contribution < -0.4 is 4.74 Å². The first kappa shape index (κ1) is 24.6. The van der Waals surface area contributed by atoms with Crippen molar-refractivity contribution >= 4 is 40.7 Å². The van der Waals surface area contributed by atoms with Crippen molar-refractivity contribution in [3.8, 4) is 11.5 Å². The van der Waals surface area contributed by atoms with E-state index in [-0.39, 0.29) is 39.2 Å². The third-order valence-corrected chi connectivity index (χ3v) is 6.32. The van der Waals surface area contributed by atoms with Gasteiger partial charge in [0.25, 0.3) is 11.7 Å². The van der Waals surface area contributed by atoms with Gasteiger partial charge in [-0.05, 0) is 60.0 Å². The number of likely N-dealkylation sites (tertiary alicyclic amines) is 1. The van der Waals surface area contributed by atoms with E-state index in [2.05, 4.69) is 0 Å². The van der Waals surface area contributed by atoms with Crippen molar-refractivity contribution in [2.24, 2.45) is 0 Å². The zero-order valence-corrected chi connectivity index (χ0v) is 20.2. The van der Waals surface area contributed by atoms with Crippen LogP contribution in [-0.2, 0) is 16.1 Å². The molecular formula is C26H20Cl2FNO5. The smallest absolute Gasteiger partial charge is 0.295 e. The second-order valence-electron chi connectivity index (χ2n) is 8.09. The van der Waals surface area contributed by atoms with Crippen molar-refractivity contribution in [2.75, 3.05) is 7.11 Å². The van der Waals surface area contributed by atoms with Gasteiger partial charge in [-0.1, -0.05) is 41.4 Å². The van der Waals surface area contributed by atoms with Crippen LogP contribution in [0.25, 0.3) is 5.76 Å². The fourth-order valence-corrected chi connectivity index (χ4v) is 4.67. The highest BCUT2D eigenvalue weighted by molar-refractivity contribution is 6.46. The third kappa shape index (κ3) is 4.57. The number of ether oxygens (including phenoxy) is 1. The van der Waals surface area contributed by atoms with Gasteiger partial charge in [-0.3, -0.25) is 9.59 Å². The van der Waals surface area contributed by atoms with Gasteiger partial charge in [0.05, 0.1) is 34.3 Å². The van der Waals surface area contributed by atoms with Crippen LogP contribution in [0, 0.1) is 12.7 Å². The average Bonchev–Trinajstić information content (AvgIpc) is 3.06. The lowest BCUT2D eigenvalue weighted by Gasteiger charge is -2.26. The molecule has 0 radical (unpaired) electrons. The lowest BCUT2D eigenvalue weighted by atomic mass is 9.94. The maximum atomic E-state index is 13.4. The number of aliphatic hydroxyl groups is 1. The molecule has 9 heteroatoms. The molecular weight excluding hydrogens is 496 g/mol. The molecule has 35 heavy (non-hydrogen) atoms. The molecule has 1 unspecified atom stereocenters. The second kappa shape index (κ2) is 9.60. The first-order valence-electron chi connectivity index (χ1n) is 10.5. The van der Waals surface area contributed by atoms with Crippen LogP contribution in [0.1, 0.15) is 28.3 Å². The molecule has 3 aromatic rings. The number of carbonyl (C=O) groups excluding carboxylic acids is 2. The highest BCUT2D eigenvalue weighted by Crippen LogP contribution is 2.44. The Morgan fingerprint density at radius 2 is 1.74 bits per heavy atom. The van der Waals surface area contributed by atoms with E-state index in [1.165, 1.54) is 54.5 Å². The Labute approximate surface area is 210 Å². The Balaban J connectivity index is 1.94. The number of aliphatic hydroxyl groups excluding tert-OH is 1. The summed E-state index contributed by atoms with van der Waals surface area (Å²) in [6, 6.07) is 11.9. The lowest BCUT2D eigenvalue weighted by molar-refractivity contribution is -0.140. The highest BCUT2D eigenvalue weighted by atomic mass is 35.5. The number of Topliss-reactive ketones (excluding diaryl/α,β-unsaturated/α-hetero) is 1. The van der Waals surface area contributed by atoms with E-state index in [1.54, 1.807) is 19.1 Å². The normalized spacial score (nSPS) is 17.2. The quantitative estimate of drug-likeness (QED) is 0.255. The van der Waals surface area contributed by atoms with E-state index in [0.29, 0.717) is 16.7 Å². The minimum absolute atomic E-state index is 0.00560. The molecule has 0 spiro atoms. The van der Waals surface area contributed by atoms with Gasteiger partial charge < -0.3 is 19.8 Å². The number of nitrogens with zero attached hydrogens (tertiary/aromatic N) is 1. The van der Waals surface area contributed by atoms with Crippen molar-refractivity contribution in [2.45, 2.75) is 19.5 Å². The van der Waals surface area contributed by atoms with Crippen LogP contribution in [-0.4, -0.2) is 33.9 Å². The number of benzene rings is 3. The number of aromatic hydroxyl groups is 1. The Bertz CT molecular complexity index is 1370. The number of halogens is 3. The maximum absolute atomic E-state index is 13.4. The van der Waals surface area contributed by atoms with Crippen LogP contribution in [0.15, 0.2) is 60.2 Å². The van der Waals surface area contributed by atoms with Crippen molar-refractivity contribution in [1.29, 1.82) is 0 Å². The first-order chi connectivity index (χ1) is 16.6. The van der Waals surface area contributed by atoms with E-state index in [4.69, 9.17) is 27.9 Å². The highest BCUT2D eigenvalue weighted by Gasteiger charge is 2.46. The van der Waals surface area contributed by atoms with Gasteiger partial charge in [0, 0.05) is 6.54 Å². The number of hydrogen-bond donors (Lipinski definition) is 2. The molecule has 1 heterocycles. The van der Waals surface area contributed by atoms with Gasteiger partial charge >= 0.3 is 0 Å². The van der Waals surface area contributed by atoms with E-state index in [0.717, 1.165) is 0 Å². The number of hydrogen-bond acceptors (Lipinski definition) is 5. The van der Waals surface area contributed by atoms with Gasteiger partial charge in [-0.15, -0.1) is 0 Å². The summed E-state index contributed by atoms with van der Waals surface area (Å²) in [7, 11) is 1.37. The first-order valence-corrected chi connectivity index (χ1v) is 11.2. The SMILES string of the molecule is COc1c(Cl)cc(C)cc1/C(O)=C1\C(=O)C(=O)N(Cc2ccc(F)cc2)C1c1ccc(O)c(Cl)c1. The molecule has 0 aromatic heterocycles. The van der Waals surface area contributed by atoms with Crippen LogP contribution >= 0.6 is 23.2 Å². The van der Waals surface area contributed by atoms with Crippen LogP contribution in [0.2, 0.25) is 10.0 Å². The minimum atomic E-state index is -1.05. The number of aryl methyl sites for hydroxylation is 1. The summed E-state index contributed by atoms with van der Waals surface area (Å²) in [5.74, 6) is -2.73. The molecule has 1 aliphatic heterocycles. The summed E-state index contributed by atoms with van der Waals surface area (Å²) in [6.45, 7) is 1.71. The van der Waals surface area contributed by atoms with Gasteiger partial charge in [0.2, 0.25) is 0 Å². The molecule has 2 N–H and O–H groups in total. The zero-order chi connectivity index (χ0) is 25.4. The number of carbonyl (C=O) groups is 2. The maximum Gasteiger partial charge on any atom is 0.295 e. The van der Waals surface area contributed by atoms with E-state index < -0.39 is 29.3 Å². The topological polar surface area (TPSA) is 87.1 Å². The molecule has 4 rings (SSSR count). The second-order valence-corrected chi connectivity index (χ2v) is 8.91. The summed E-state index contributed by atoms with van der Waals surface area (Å²) in [6.07, 6.45) is 0. The predicted molar refractivity (Wildman–Crippen MR) is 130 cm³/mol. The third-order valence-electron chi connectivity index (χ3n) is 5.74. The largest absolute Gasteiger partial charge is 0.507 e. The molecule has 1 atom stereocenters. The number of rotatable bonds is 5. The number of amides is 1. The predicted octanol–water partition coefficient (Wildman–Crippen LogP) is 5.78. The summed E-state index contributed by atoms with van der Waals surface area (Å²) in [4.78, 5) is 27.7. The van der Waals surface area contributed by atoms with Crippen molar-refractivity contribution < 1.29 is 28.9 Å². The van der Waals surface area contributed by atoms with E-state index in [9.17, 15) is 24.2 Å². The van der Waals surface area contributed by atoms with Gasteiger partial charge in [0.15, 0.2) is 0 Å². The molecule has 1 aliphatic rings. The molecule has 180 valence electrons. The Morgan fingerprint density at radius 3 is 2.37 bits per heavy atom. The number of phenols is 1. The Kier molecular flexibility index (Phi) is 6.74. The van der Waals surface area contributed by atoms with Gasteiger partial charge in [-0.25, -0.2) is 4.39 Å². The monoisotopic (exact) mass is 515 g/mol. The van der Waals surface area contributed by atoms with Crippen molar-refractivity contribution in [1.82, 2.24) is 4.90 Å². The molecule has 1 fully saturated rings. The molecule has 0 bridgehead atoms. The molecule has 1 amide bonds. The summed E-state index contributed by atoms with van der Waals surface area (Å²) in [5, 5.41) is 21.5. The van der Waals surface area contributed by atoms with Gasteiger partial charge in [0.1, 0.15) is 23.1 Å². The van der Waals surface area contributed by atoms with Crippen LogP contribution in [0.5, 0.6) is 11.5 Å². The lowest BCUT2D eigenvalue weighted by Crippen LogP contribution is -2.29. The fourth-order valence-electron chi connectivity index (χ4n) is 4.13. The number of methoxy groups -OCH3 is 1. The van der Waals surface area contributed by atoms with E-state index in [1.807, 2.05) is 0 Å². The summed E-state index contributed by atoms with van der Waals surface area (Å²) in [5.41, 5.74) is 1.60.